The van der Waals surface area contributed by atoms with Crippen LogP contribution in [-0.2, 0) is 15.7 Å². The van der Waals surface area contributed by atoms with Gasteiger partial charge >= 0.3 is 12.1 Å². The van der Waals surface area contributed by atoms with Crippen molar-refractivity contribution in [2.45, 2.75) is 18.1 Å². The Bertz CT molecular complexity index is 423. The van der Waals surface area contributed by atoms with Crippen LogP contribution < -0.4 is 0 Å². The lowest BCUT2D eigenvalue weighted by molar-refractivity contribution is -0.144. The summed E-state index contributed by atoms with van der Waals surface area (Å²) in [6.45, 7) is 1.65. The zero-order valence-corrected chi connectivity index (χ0v) is 10.6. The van der Waals surface area contributed by atoms with E-state index in [0.717, 1.165) is 17.8 Å². The average Bonchev–Trinajstić information content (AvgIpc) is 2.34. The maximum absolute atomic E-state index is 12.4. The molecule has 0 saturated carbocycles. The van der Waals surface area contributed by atoms with E-state index < -0.39 is 23.8 Å². The van der Waals surface area contributed by atoms with Gasteiger partial charge < -0.3 is 4.74 Å². The first-order valence-electron chi connectivity index (χ1n) is 5.09. The number of alkyl halides is 3. The molecule has 1 unspecified atom stereocenters. The molecule has 1 rings (SSSR count). The maximum Gasteiger partial charge on any atom is 0.433 e. The van der Waals surface area contributed by atoms with Crippen molar-refractivity contribution in [1.82, 2.24) is 4.98 Å². The van der Waals surface area contributed by atoms with Gasteiger partial charge in [-0.05, 0) is 12.1 Å². The summed E-state index contributed by atoms with van der Waals surface area (Å²) in [6.07, 6.45) is -4.45. The van der Waals surface area contributed by atoms with Gasteiger partial charge in [-0.25, -0.2) is 4.98 Å². The third kappa shape index (κ3) is 4.21. The summed E-state index contributed by atoms with van der Waals surface area (Å²) in [7, 11) is 1.27. The van der Waals surface area contributed by atoms with Crippen LogP contribution in [0.4, 0.5) is 13.2 Å². The van der Waals surface area contributed by atoms with Gasteiger partial charge in [-0.1, -0.05) is 13.0 Å². The SMILES string of the molecule is COC(=O)C(C)CSc1cccc(C(F)(F)F)n1. The third-order valence-electron chi connectivity index (χ3n) is 2.10. The molecule has 7 heteroatoms. The fraction of sp³-hybridized carbons (Fsp3) is 0.455. The van der Waals surface area contributed by atoms with Gasteiger partial charge in [0.2, 0.25) is 0 Å². The molecular weight excluding hydrogens is 267 g/mol. The van der Waals surface area contributed by atoms with Crippen LogP contribution in [0.25, 0.3) is 0 Å². The monoisotopic (exact) mass is 279 g/mol. The Kier molecular flexibility index (Phi) is 5.01. The largest absolute Gasteiger partial charge is 0.469 e. The van der Waals surface area contributed by atoms with E-state index in [0.29, 0.717) is 5.75 Å². The highest BCUT2D eigenvalue weighted by Gasteiger charge is 2.32. The zero-order chi connectivity index (χ0) is 13.8. The van der Waals surface area contributed by atoms with E-state index in [-0.39, 0.29) is 5.03 Å². The Morgan fingerprint density at radius 2 is 2.17 bits per heavy atom. The number of halogens is 3. The molecule has 0 N–H and O–H groups in total. The number of thioether (sulfide) groups is 1. The molecule has 100 valence electrons. The molecule has 1 aromatic rings. The Labute approximate surface area is 107 Å². The number of carbonyl (C=O) groups is 1. The average molecular weight is 279 g/mol. The van der Waals surface area contributed by atoms with E-state index >= 15 is 0 Å². The van der Waals surface area contributed by atoms with Crippen LogP contribution in [0.1, 0.15) is 12.6 Å². The number of aromatic nitrogens is 1. The van der Waals surface area contributed by atoms with Gasteiger partial charge in [-0.15, -0.1) is 11.8 Å². The highest BCUT2D eigenvalue weighted by Crippen LogP contribution is 2.29. The number of hydrogen-bond donors (Lipinski definition) is 0. The van der Waals surface area contributed by atoms with Crippen molar-refractivity contribution in [3.8, 4) is 0 Å². The van der Waals surface area contributed by atoms with E-state index in [1.54, 1.807) is 6.92 Å². The molecule has 0 aliphatic rings. The van der Waals surface area contributed by atoms with Gasteiger partial charge in [0, 0.05) is 5.75 Å². The molecule has 0 radical (unpaired) electrons. The van der Waals surface area contributed by atoms with Crippen LogP contribution in [0.3, 0.4) is 0 Å². The summed E-state index contributed by atoms with van der Waals surface area (Å²) in [4.78, 5) is 14.6. The highest BCUT2D eigenvalue weighted by molar-refractivity contribution is 7.99. The Morgan fingerprint density at radius 1 is 1.50 bits per heavy atom. The number of carbonyl (C=O) groups excluding carboxylic acids is 1. The van der Waals surface area contributed by atoms with Crippen molar-refractivity contribution in [2.75, 3.05) is 12.9 Å². The molecule has 0 bridgehead atoms. The van der Waals surface area contributed by atoms with Crippen LogP contribution in [0.2, 0.25) is 0 Å². The van der Waals surface area contributed by atoms with Gasteiger partial charge in [-0.3, -0.25) is 4.79 Å². The molecule has 18 heavy (non-hydrogen) atoms. The molecular formula is C11H12F3NO2S. The number of esters is 1. The Morgan fingerprint density at radius 3 is 2.72 bits per heavy atom. The molecule has 1 aromatic heterocycles. The number of hydrogen-bond acceptors (Lipinski definition) is 4. The van der Waals surface area contributed by atoms with Gasteiger partial charge in [0.05, 0.1) is 18.1 Å². The van der Waals surface area contributed by atoms with Crippen molar-refractivity contribution >= 4 is 17.7 Å². The lowest BCUT2D eigenvalue weighted by atomic mass is 10.2. The van der Waals surface area contributed by atoms with Crippen molar-refractivity contribution in [3.05, 3.63) is 23.9 Å². The molecule has 0 aliphatic carbocycles. The molecule has 3 nitrogen and oxygen atoms in total. The second-order valence-corrected chi connectivity index (χ2v) is 4.63. The first-order valence-corrected chi connectivity index (χ1v) is 6.08. The molecule has 0 saturated heterocycles. The van der Waals surface area contributed by atoms with Crippen LogP contribution in [-0.4, -0.2) is 23.8 Å². The third-order valence-corrected chi connectivity index (χ3v) is 3.29. The second kappa shape index (κ2) is 6.08. The first kappa shape index (κ1) is 14.8. The summed E-state index contributed by atoms with van der Waals surface area (Å²) in [5.41, 5.74) is -0.932. The van der Waals surface area contributed by atoms with Crippen molar-refractivity contribution < 1.29 is 22.7 Å². The summed E-state index contributed by atoms with van der Waals surface area (Å²) in [6, 6.07) is 3.68. The quantitative estimate of drug-likeness (QED) is 0.627. The van der Waals surface area contributed by atoms with Gasteiger partial charge in [0.1, 0.15) is 5.69 Å². The number of ether oxygens (including phenoxy) is 1. The number of methoxy groups -OCH3 is 1. The number of rotatable bonds is 4. The number of pyridine rings is 1. The maximum atomic E-state index is 12.4. The fourth-order valence-corrected chi connectivity index (χ4v) is 2.03. The topological polar surface area (TPSA) is 39.2 Å². The molecule has 1 atom stereocenters. The van der Waals surface area contributed by atoms with Crippen molar-refractivity contribution in [2.24, 2.45) is 5.92 Å². The predicted octanol–water partition coefficient (Wildman–Crippen LogP) is 3.00. The first-order chi connectivity index (χ1) is 8.34. The van der Waals surface area contributed by atoms with Crippen molar-refractivity contribution in [1.29, 1.82) is 0 Å². The molecule has 0 fully saturated rings. The van der Waals surface area contributed by atoms with Gasteiger partial charge in [0.25, 0.3) is 0 Å². The molecule has 0 aromatic carbocycles. The minimum Gasteiger partial charge on any atom is -0.469 e. The molecule has 0 spiro atoms. The molecule has 0 aliphatic heterocycles. The van der Waals surface area contributed by atoms with Crippen LogP contribution in [0.5, 0.6) is 0 Å². The molecule has 0 amide bonds. The normalized spacial score (nSPS) is 13.2. The van der Waals surface area contributed by atoms with Crippen molar-refractivity contribution in [3.63, 3.8) is 0 Å². The van der Waals surface area contributed by atoms with E-state index in [1.807, 2.05) is 0 Å². The smallest absolute Gasteiger partial charge is 0.433 e. The van der Waals surface area contributed by atoms with E-state index in [9.17, 15) is 18.0 Å². The van der Waals surface area contributed by atoms with E-state index in [4.69, 9.17) is 0 Å². The Balaban J connectivity index is 2.66. The minimum absolute atomic E-state index is 0.237. The minimum atomic E-state index is -4.45. The van der Waals surface area contributed by atoms with Gasteiger partial charge in [-0.2, -0.15) is 13.2 Å². The Hall–Kier alpha value is -1.24. The summed E-state index contributed by atoms with van der Waals surface area (Å²) in [5, 5.41) is 0.237. The van der Waals surface area contributed by atoms with Crippen LogP contribution in [0.15, 0.2) is 23.2 Å². The number of nitrogens with zero attached hydrogens (tertiary/aromatic N) is 1. The van der Waals surface area contributed by atoms with E-state index in [2.05, 4.69) is 9.72 Å². The lowest BCUT2D eigenvalue weighted by Crippen LogP contribution is -2.15. The predicted molar refractivity (Wildman–Crippen MR) is 61.1 cm³/mol. The van der Waals surface area contributed by atoms with E-state index in [1.165, 1.54) is 19.2 Å². The van der Waals surface area contributed by atoms with Gasteiger partial charge in [0.15, 0.2) is 0 Å². The summed E-state index contributed by atoms with van der Waals surface area (Å²) < 4.78 is 41.7. The zero-order valence-electron chi connectivity index (χ0n) is 9.82. The lowest BCUT2D eigenvalue weighted by Gasteiger charge is -2.09. The summed E-state index contributed by atoms with van der Waals surface area (Å²) in [5.74, 6) is -0.466. The van der Waals surface area contributed by atoms with Crippen LogP contribution in [0, 0.1) is 5.92 Å². The second-order valence-electron chi connectivity index (χ2n) is 3.59. The fourth-order valence-electron chi connectivity index (χ4n) is 1.13. The molecule has 1 heterocycles. The summed E-state index contributed by atoms with van der Waals surface area (Å²) >= 11 is 1.09. The highest BCUT2D eigenvalue weighted by atomic mass is 32.2. The van der Waals surface area contributed by atoms with Crippen LogP contribution >= 0.6 is 11.8 Å². The standard InChI is InChI=1S/C11H12F3NO2S/c1-7(10(16)17-2)6-18-9-5-3-4-8(15-9)11(12,13)14/h3-5,7H,6H2,1-2H3.